The van der Waals surface area contributed by atoms with Crippen molar-refractivity contribution in [1.29, 1.82) is 0 Å². The summed E-state index contributed by atoms with van der Waals surface area (Å²) in [7, 11) is 0. The molecule has 1 heterocycles. The predicted molar refractivity (Wildman–Crippen MR) is 65.5 cm³/mol. The summed E-state index contributed by atoms with van der Waals surface area (Å²) in [6.07, 6.45) is -0.228. The molecule has 1 N–H and O–H groups in total. The van der Waals surface area contributed by atoms with Crippen molar-refractivity contribution in [2.75, 3.05) is 39.5 Å². The van der Waals surface area contributed by atoms with Gasteiger partial charge in [-0.25, -0.2) is 4.79 Å². The lowest BCUT2D eigenvalue weighted by molar-refractivity contribution is -0.0762. The minimum atomic E-state index is -0.457. The Morgan fingerprint density at radius 2 is 1.94 bits per heavy atom. The topological polar surface area (TPSA) is 68.2 Å². The monoisotopic (exact) mass is 261 g/mol. The zero-order valence-corrected chi connectivity index (χ0v) is 11.3. The van der Waals surface area contributed by atoms with E-state index in [0.717, 1.165) is 0 Å². The van der Waals surface area contributed by atoms with Gasteiger partial charge in [-0.05, 0) is 20.8 Å². The Bertz CT molecular complexity index is 258. The van der Waals surface area contributed by atoms with Gasteiger partial charge in [0.1, 0.15) is 5.60 Å². The van der Waals surface area contributed by atoms with Gasteiger partial charge < -0.3 is 24.2 Å². The standard InChI is InChI=1S/C12H23NO5/c1-12(2,3)18-11(15)13-8-10(9-13)17-7-6-16-5-4-14/h10,14H,4-9H2,1-3H3. The van der Waals surface area contributed by atoms with Crippen molar-refractivity contribution in [3.63, 3.8) is 0 Å². The van der Waals surface area contributed by atoms with Gasteiger partial charge >= 0.3 is 6.09 Å². The molecule has 1 fully saturated rings. The number of ether oxygens (including phenoxy) is 3. The van der Waals surface area contributed by atoms with Gasteiger partial charge in [0, 0.05) is 0 Å². The van der Waals surface area contributed by atoms with Crippen molar-refractivity contribution < 1.29 is 24.1 Å². The number of aliphatic hydroxyl groups excluding tert-OH is 1. The quantitative estimate of drug-likeness (QED) is 0.710. The number of hydrogen-bond acceptors (Lipinski definition) is 5. The van der Waals surface area contributed by atoms with Crippen molar-refractivity contribution in [3.05, 3.63) is 0 Å². The van der Waals surface area contributed by atoms with Crippen LogP contribution in [0.15, 0.2) is 0 Å². The molecule has 0 spiro atoms. The molecule has 6 nitrogen and oxygen atoms in total. The molecule has 1 amide bonds. The highest BCUT2D eigenvalue weighted by atomic mass is 16.6. The van der Waals surface area contributed by atoms with E-state index in [0.29, 0.717) is 32.9 Å². The molecule has 1 saturated heterocycles. The van der Waals surface area contributed by atoms with Crippen LogP contribution in [-0.4, -0.2) is 67.3 Å². The average Bonchev–Trinajstić information content (AvgIpc) is 2.17. The van der Waals surface area contributed by atoms with E-state index in [2.05, 4.69) is 0 Å². The number of aliphatic hydroxyl groups is 1. The minimum Gasteiger partial charge on any atom is -0.444 e. The van der Waals surface area contributed by atoms with E-state index in [-0.39, 0.29) is 18.8 Å². The zero-order valence-electron chi connectivity index (χ0n) is 11.3. The zero-order chi connectivity index (χ0) is 13.6. The molecule has 1 rings (SSSR count). The van der Waals surface area contributed by atoms with Crippen LogP contribution in [0.1, 0.15) is 20.8 Å². The molecular weight excluding hydrogens is 238 g/mol. The maximum atomic E-state index is 11.6. The van der Waals surface area contributed by atoms with Crippen LogP contribution >= 0.6 is 0 Å². The number of nitrogens with zero attached hydrogens (tertiary/aromatic N) is 1. The summed E-state index contributed by atoms with van der Waals surface area (Å²) in [4.78, 5) is 13.2. The van der Waals surface area contributed by atoms with Gasteiger partial charge in [-0.15, -0.1) is 0 Å². The lowest BCUT2D eigenvalue weighted by Gasteiger charge is -2.39. The second-order valence-corrected chi connectivity index (χ2v) is 5.21. The van der Waals surface area contributed by atoms with Crippen LogP contribution in [0.2, 0.25) is 0 Å². The van der Waals surface area contributed by atoms with Gasteiger partial charge in [0.15, 0.2) is 0 Å². The number of carbonyl (C=O) groups is 1. The van der Waals surface area contributed by atoms with Crippen LogP contribution in [0, 0.1) is 0 Å². The Labute approximate surface area is 108 Å². The van der Waals surface area contributed by atoms with Crippen LogP contribution in [0.25, 0.3) is 0 Å². The molecule has 0 saturated carbocycles. The molecule has 0 bridgehead atoms. The summed E-state index contributed by atoms with van der Waals surface area (Å²) in [5.74, 6) is 0. The molecule has 0 aliphatic carbocycles. The second kappa shape index (κ2) is 6.92. The Kier molecular flexibility index (Phi) is 5.84. The summed E-state index contributed by atoms with van der Waals surface area (Å²) < 4.78 is 15.8. The van der Waals surface area contributed by atoms with Crippen molar-refractivity contribution in [1.82, 2.24) is 4.90 Å². The van der Waals surface area contributed by atoms with Crippen LogP contribution < -0.4 is 0 Å². The Balaban J connectivity index is 2.04. The molecule has 0 aromatic rings. The summed E-state index contributed by atoms with van der Waals surface area (Å²) in [6.45, 7) is 7.96. The van der Waals surface area contributed by atoms with Crippen molar-refractivity contribution in [2.45, 2.75) is 32.5 Å². The molecule has 0 aromatic heterocycles. The lowest BCUT2D eigenvalue weighted by atomic mass is 10.2. The van der Waals surface area contributed by atoms with E-state index < -0.39 is 5.60 Å². The highest BCUT2D eigenvalue weighted by Gasteiger charge is 2.34. The van der Waals surface area contributed by atoms with E-state index in [1.54, 1.807) is 4.90 Å². The lowest BCUT2D eigenvalue weighted by Crippen LogP contribution is -2.56. The van der Waals surface area contributed by atoms with Crippen LogP contribution in [0.5, 0.6) is 0 Å². The van der Waals surface area contributed by atoms with Gasteiger partial charge in [-0.3, -0.25) is 0 Å². The molecule has 0 aromatic carbocycles. The second-order valence-electron chi connectivity index (χ2n) is 5.21. The number of hydrogen-bond donors (Lipinski definition) is 1. The number of rotatable bonds is 6. The third-order valence-electron chi connectivity index (χ3n) is 2.32. The highest BCUT2D eigenvalue weighted by molar-refractivity contribution is 5.69. The number of amides is 1. The predicted octanol–water partition coefficient (Wildman–Crippen LogP) is 0.631. The van der Waals surface area contributed by atoms with Gasteiger partial charge in [-0.2, -0.15) is 0 Å². The van der Waals surface area contributed by atoms with Gasteiger partial charge in [0.25, 0.3) is 0 Å². The van der Waals surface area contributed by atoms with Crippen LogP contribution in [0.4, 0.5) is 4.79 Å². The normalized spacial score (nSPS) is 16.6. The first-order valence-electron chi connectivity index (χ1n) is 6.20. The van der Waals surface area contributed by atoms with E-state index >= 15 is 0 Å². The molecule has 1 aliphatic heterocycles. The molecular formula is C12H23NO5. The molecule has 1 aliphatic rings. The largest absolute Gasteiger partial charge is 0.444 e. The fourth-order valence-corrected chi connectivity index (χ4v) is 1.46. The highest BCUT2D eigenvalue weighted by Crippen LogP contribution is 2.16. The van der Waals surface area contributed by atoms with E-state index in [1.165, 1.54) is 0 Å². The summed E-state index contributed by atoms with van der Waals surface area (Å²) in [6, 6.07) is 0. The first-order chi connectivity index (χ1) is 8.42. The molecule has 0 unspecified atom stereocenters. The third-order valence-corrected chi connectivity index (χ3v) is 2.32. The fraction of sp³-hybridized carbons (Fsp3) is 0.917. The SMILES string of the molecule is CC(C)(C)OC(=O)N1CC(OCCOCCO)C1. The smallest absolute Gasteiger partial charge is 0.410 e. The van der Waals surface area contributed by atoms with Crippen molar-refractivity contribution in [3.8, 4) is 0 Å². The van der Waals surface area contributed by atoms with Crippen LogP contribution in [0.3, 0.4) is 0 Å². The molecule has 0 atom stereocenters. The molecule has 18 heavy (non-hydrogen) atoms. The summed E-state index contributed by atoms with van der Waals surface area (Å²) in [5, 5.41) is 8.50. The fourth-order valence-electron chi connectivity index (χ4n) is 1.46. The van der Waals surface area contributed by atoms with Crippen molar-refractivity contribution >= 4 is 6.09 Å². The van der Waals surface area contributed by atoms with E-state index in [4.69, 9.17) is 19.3 Å². The number of carbonyl (C=O) groups excluding carboxylic acids is 1. The minimum absolute atomic E-state index is 0.0237. The first kappa shape index (κ1) is 15.2. The molecule has 0 radical (unpaired) electrons. The molecule has 6 heteroatoms. The Hall–Kier alpha value is -0.850. The summed E-state index contributed by atoms with van der Waals surface area (Å²) >= 11 is 0. The maximum absolute atomic E-state index is 11.6. The summed E-state index contributed by atoms with van der Waals surface area (Å²) in [5.41, 5.74) is -0.457. The van der Waals surface area contributed by atoms with E-state index in [9.17, 15) is 4.79 Å². The van der Waals surface area contributed by atoms with Crippen molar-refractivity contribution in [2.24, 2.45) is 0 Å². The number of likely N-dealkylation sites (tertiary alicyclic amines) is 1. The first-order valence-corrected chi connectivity index (χ1v) is 6.20. The Morgan fingerprint density at radius 3 is 2.50 bits per heavy atom. The average molecular weight is 261 g/mol. The van der Waals surface area contributed by atoms with Gasteiger partial charge in [0.05, 0.1) is 45.6 Å². The van der Waals surface area contributed by atoms with Crippen LogP contribution in [-0.2, 0) is 14.2 Å². The van der Waals surface area contributed by atoms with Gasteiger partial charge in [-0.1, -0.05) is 0 Å². The third kappa shape index (κ3) is 5.66. The molecule has 106 valence electrons. The van der Waals surface area contributed by atoms with E-state index in [1.807, 2.05) is 20.8 Å². The van der Waals surface area contributed by atoms with Gasteiger partial charge in [0.2, 0.25) is 0 Å². The Morgan fingerprint density at radius 1 is 1.28 bits per heavy atom. The maximum Gasteiger partial charge on any atom is 0.410 e.